The van der Waals surface area contributed by atoms with Gasteiger partial charge in [-0.3, -0.25) is 0 Å². The van der Waals surface area contributed by atoms with Gasteiger partial charge in [0.05, 0.1) is 12.7 Å². The first kappa shape index (κ1) is 15.7. The van der Waals surface area contributed by atoms with Gasteiger partial charge in [0.2, 0.25) is 5.28 Å². The van der Waals surface area contributed by atoms with E-state index in [-0.39, 0.29) is 5.28 Å². The van der Waals surface area contributed by atoms with Crippen LogP contribution in [-0.4, -0.2) is 28.0 Å². The molecule has 2 rings (SSSR count). The molecule has 0 saturated heterocycles. The molecule has 7 heteroatoms. The van der Waals surface area contributed by atoms with Crippen LogP contribution in [0.15, 0.2) is 18.2 Å². The average Bonchev–Trinajstić information content (AvgIpc) is 2.83. The molecule has 0 spiro atoms. The topological polar surface area (TPSA) is 61.3 Å². The Kier molecular flexibility index (Phi) is 4.49. The Morgan fingerprint density at radius 2 is 2.00 bits per heavy atom. The summed E-state index contributed by atoms with van der Waals surface area (Å²) < 4.78 is 14.5. The van der Waals surface area contributed by atoms with E-state index in [2.05, 4.69) is 9.36 Å². The average molecular weight is 327 g/mol. The molecular weight excluding hydrogens is 312 g/mol. The maximum atomic E-state index is 12.2. The minimum Gasteiger partial charge on any atom is -0.497 e. The predicted molar refractivity (Wildman–Crippen MR) is 82.1 cm³/mol. The second-order valence-corrected chi connectivity index (χ2v) is 6.41. The summed E-state index contributed by atoms with van der Waals surface area (Å²) in [4.78, 5) is 16.3. The van der Waals surface area contributed by atoms with Gasteiger partial charge in [0.15, 0.2) is 0 Å². The number of nitrogens with zero attached hydrogens (tertiary/aromatic N) is 2. The van der Waals surface area contributed by atoms with Crippen molar-refractivity contribution in [3.8, 4) is 16.3 Å². The zero-order chi connectivity index (χ0) is 15.6. The molecule has 0 aliphatic carbocycles. The number of benzene rings is 1. The fraction of sp³-hybridized carbons (Fsp3) is 0.357. The van der Waals surface area contributed by atoms with Gasteiger partial charge in [0.1, 0.15) is 16.4 Å². The van der Waals surface area contributed by atoms with Crippen LogP contribution in [0.1, 0.15) is 31.1 Å². The van der Waals surface area contributed by atoms with E-state index in [0.717, 1.165) is 11.5 Å². The number of hydrogen-bond donors (Lipinski definition) is 0. The lowest BCUT2D eigenvalue weighted by molar-refractivity contribution is 0.00692. The second-order valence-electron chi connectivity index (χ2n) is 5.32. The number of carbonyl (C=O) groups excluding carboxylic acids is 1. The van der Waals surface area contributed by atoms with Crippen molar-refractivity contribution in [1.29, 1.82) is 0 Å². The van der Waals surface area contributed by atoms with Crippen molar-refractivity contribution in [3.63, 3.8) is 0 Å². The molecule has 0 N–H and O–H groups in total. The summed E-state index contributed by atoms with van der Waals surface area (Å²) in [5, 5.41) is 0.792. The van der Waals surface area contributed by atoms with Crippen LogP contribution in [0.25, 0.3) is 10.6 Å². The molecule has 0 fully saturated rings. The van der Waals surface area contributed by atoms with Crippen molar-refractivity contribution in [2.45, 2.75) is 26.4 Å². The third kappa shape index (κ3) is 4.15. The van der Waals surface area contributed by atoms with Crippen LogP contribution in [0.4, 0.5) is 0 Å². The minimum absolute atomic E-state index is 0.177. The molecule has 0 unspecified atom stereocenters. The number of hydrogen-bond acceptors (Lipinski definition) is 6. The number of carbonyl (C=O) groups is 1. The first-order chi connectivity index (χ1) is 9.78. The summed E-state index contributed by atoms with van der Waals surface area (Å²) in [6.45, 7) is 5.45. The molecule has 0 amide bonds. The van der Waals surface area contributed by atoms with E-state index in [4.69, 9.17) is 21.1 Å². The van der Waals surface area contributed by atoms with Gasteiger partial charge in [0.25, 0.3) is 0 Å². The number of methoxy groups -OCH3 is 1. The van der Waals surface area contributed by atoms with Crippen molar-refractivity contribution in [2.24, 2.45) is 0 Å². The van der Waals surface area contributed by atoms with E-state index < -0.39 is 11.6 Å². The fourth-order valence-electron chi connectivity index (χ4n) is 1.62. The Morgan fingerprint density at radius 1 is 1.29 bits per heavy atom. The monoisotopic (exact) mass is 326 g/mol. The largest absolute Gasteiger partial charge is 0.497 e. The second kappa shape index (κ2) is 5.99. The van der Waals surface area contributed by atoms with Gasteiger partial charge in [-0.05, 0) is 62.1 Å². The molecular formula is C14H15ClN2O3S. The van der Waals surface area contributed by atoms with Crippen LogP contribution >= 0.6 is 23.1 Å². The van der Waals surface area contributed by atoms with E-state index in [9.17, 15) is 4.79 Å². The minimum atomic E-state index is -0.563. The van der Waals surface area contributed by atoms with Gasteiger partial charge >= 0.3 is 5.97 Å². The van der Waals surface area contributed by atoms with E-state index in [1.165, 1.54) is 7.11 Å². The van der Waals surface area contributed by atoms with Crippen LogP contribution in [-0.2, 0) is 4.74 Å². The fourth-order valence-corrected chi connectivity index (χ4v) is 2.41. The van der Waals surface area contributed by atoms with Gasteiger partial charge in [-0.1, -0.05) is 0 Å². The Hall–Kier alpha value is -1.66. The summed E-state index contributed by atoms with van der Waals surface area (Å²) in [5.41, 5.74) is 0.539. The SMILES string of the molecule is COc1cc(C(=O)OC(C)(C)C)cc(-c2nc(Cl)ns2)c1. The molecule has 0 atom stereocenters. The molecule has 1 aromatic heterocycles. The predicted octanol–water partition coefficient (Wildman–Crippen LogP) is 3.82. The summed E-state index contributed by atoms with van der Waals surface area (Å²) >= 11 is 6.89. The summed E-state index contributed by atoms with van der Waals surface area (Å²) in [7, 11) is 1.53. The van der Waals surface area contributed by atoms with Crippen molar-refractivity contribution >= 4 is 29.1 Å². The Labute approximate surface area is 132 Å². The van der Waals surface area contributed by atoms with E-state index >= 15 is 0 Å². The molecule has 0 saturated carbocycles. The molecule has 0 radical (unpaired) electrons. The van der Waals surface area contributed by atoms with Crippen LogP contribution in [0.3, 0.4) is 0 Å². The van der Waals surface area contributed by atoms with Gasteiger partial charge in [0, 0.05) is 5.56 Å². The number of rotatable bonds is 3. The van der Waals surface area contributed by atoms with Crippen LogP contribution in [0, 0.1) is 0 Å². The molecule has 21 heavy (non-hydrogen) atoms. The molecule has 0 aliphatic rings. The number of ether oxygens (including phenoxy) is 2. The lowest BCUT2D eigenvalue weighted by Crippen LogP contribution is -2.23. The van der Waals surface area contributed by atoms with Gasteiger partial charge in [-0.25, -0.2) is 9.78 Å². The molecule has 0 aliphatic heterocycles. The van der Waals surface area contributed by atoms with Gasteiger partial charge in [-0.15, -0.1) is 0 Å². The molecule has 0 bridgehead atoms. The van der Waals surface area contributed by atoms with E-state index in [1.54, 1.807) is 18.2 Å². The maximum Gasteiger partial charge on any atom is 0.338 e. The molecule has 5 nitrogen and oxygen atoms in total. The normalized spacial score (nSPS) is 11.3. The third-order valence-electron chi connectivity index (χ3n) is 2.43. The van der Waals surface area contributed by atoms with Gasteiger partial charge in [-0.2, -0.15) is 4.37 Å². The lowest BCUT2D eigenvalue weighted by Gasteiger charge is -2.19. The van der Waals surface area contributed by atoms with Crippen molar-refractivity contribution < 1.29 is 14.3 Å². The smallest absolute Gasteiger partial charge is 0.338 e. The first-order valence-corrected chi connectivity index (χ1v) is 7.35. The molecule has 112 valence electrons. The van der Waals surface area contributed by atoms with Crippen molar-refractivity contribution in [1.82, 2.24) is 9.36 Å². The standard InChI is InChI=1S/C14H15ClN2O3S/c1-14(2,3)20-12(18)9-5-8(6-10(7-9)19-4)11-16-13(15)17-21-11/h5-7H,1-4H3. The summed E-state index contributed by atoms with van der Waals surface area (Å²) in [6.07, 6.45) is 0. The zero-order valence-electron chi connectivity index (χ0n) is 12.1. The Balaban J connectivity index is 2.40. The van der Waals surface area contributed by atoms with Crippen LogP contribution in [0.5, 0.6) is 5.75 Å². The number of aromatic nitrogens is 2. The lowest BCUT2D eigenvalue weighted by atomic mass is 10.1. The van der Waals surface area contributed by atoms with Crippen molar-refractivity contribution in [3.05, 3.63) is 29.0 Å². The quantitative estimate of drug-likeness (QED) is 0.802. The highest BCUT2D eigenvalue weighted by Crippen LogP contribution is 2.29. The highest BCUT2D eigenvalue weighted by Gasteiger charge is 2.20. The molecule has 1 aromatic carbocycles. The van der Waals surface area contributed by atoms with Crippen molar-refractivity contribution in [2.75, 3.05) is 7.11 Å². The zero-order valence-corrected chi connectivity index (χ0v) is 13.7. The van der Waals surface area contributed by atoms with Gasteiger partial charge < -0.3 is 9.47 Å². The Morgan fingerprint density at radius 3 is 2.52 bits per heavy atom. The number of halogens is 1. The Bertz CT molecular complexity index is 664. The maximum absolute atomic E-state index is 12.2. The van der Waals surface area contributed by atoms with E-state index in [1.807, 2.05) is 20.8 Å². The molecule has 2 aromatic rings. The van der Waals surface area contributed by atoms with E-state index in [0.29, 0.717) is 21.9 Å². The van der Waals surface area contributed by atoms with Crippen LogP contribution in [0.2, 0.25) is 5.28 Å². The highest BCUT2D eigenvalue weighted by molar-refractivity contribution is 7.09. The molecule has 1 heterocycles. The number of esters is 1. The summed E-state index contributed by atoms with van der Waals surface area (Å²) in [6, 6.07) is 5.08. The third-order valence-corrected chi connectivity index (χ3v) is 3.46. The summed E-state index contributed by atoms with van der Waals surface area (Å²) in [5.74, 6) is 0.123. The van der Waals surface area contributed by atoms with Crippen LogP contribution < -0.4 is 4.74 Å². The highest BCUT2D eigenvalue weighted by atomic mass is 35.5. The first-order valence-electron chi connectivity index (χ1n) is 6.20.